The molecule has 1 amide bonds. The topological polar surface area (TPSA) is 79.4 Å². The minimum atomic E-state index is -0.301. The Hall–Kier alpha value is -2.38. The van der Waals surface area contributed by atoms with E-state index in [9.17, 15) is 9.59 Å². The maximum absolute atomic E-state index is 12.6. The molecule has 3 rings (SSSR count). The van der Waals surface area contributed by atoms with E-state index in [1.54, 1.807) is 19.2 Å². The third-order valence-electron chi connectivity index (χ3n) is 4.62. The number of hydrogen-bond donors (Lipinski definition) is 2. The fourth-order valence-corrected chi connectivity index (χ4v) is 3.13. The number of H-pyrrole nitrogens is 1. The zero-order valence-corrected chi connectivity index (χ0v) is 14.7. The van der Waals surface area contributed by atoms with Gasteiger partial charge in [0.05, 0.1) is 17.8 Å². The van der Waals surface area contributed by atoms with Crippen LogP contribution in [0.1, 0.15) is 24.3 Å². The number of para-hydroxylation sites is 1. The second kappa shape index (κ2) is 7.25. The van der Waals surface area contributed by atoms with E-state index in [0.717, 1.165) is 13.1 Å². The molecule has 1 aromatic heterocycles. The first kappa shape index (κ1) is 17.4. The summed E-state index contributed by atoms with van der Waals surface area (Å²) in [4.78, 5) is 27.0. The molecule has 0 aliphatic carbocycles. The van der Waals surface area contributed by atoms with Gasteiger partial charge < -0.3 is 10.1 Å². The fourth-order valence-electron chi connectivity index (χ4n) is 3.13. The number of carbonyl (C=O) groups is 1. The SMILES string of the molecule is CO[C@@H]1CN(C(C)C)C[C@H]1NC(=O)c1cc(=O)n(-c2ccccc2)[nH]1. The highest BCUT2D eigenvalue weighted by atomic mass is 16.5. The van der Waals surface area contributed by atoms with Gasteiger partial charge in [0.1, 0.15) is 5.69 Å². The Labute approximate surface area is 146 Å². The average molecular weight is 344 g/mol. The van der Waals surface area contributed by atoms with Crippen molar-refractivity contribution in [1.29, 1.82) is 0 Å². The third kappa shape index (κ3) is 3.67. The normalized spacial score (nSPS) is 21.0. The van der Waals surface area contributed by atoms with Crippen molar-refractivity contribution in [2.75, 3.05) is 20.2 Å². The summed E-state index contributed by atoms with van der Waals surface area (Å²) in [6, 6.07) is 10.8. The van der Waals surface area contributed by atoms with Crippen molar-refractivity contribution in [3.05, 3.63) is 52.4 Å². The lowest BCUT2D eigenvalue weighted by atomic mass is 10.2. The molecule has 2 aromatic rings. The molecule has 1 saturated heterocycles. The van der Waals surface area contributed by atoms with Crippen LogP contribution in [0.15, 0.2) is 41.2 Å². The van der Waals surface area contributed by atoms with Gasteiger partial charge in [-0.05, 0) is 26.0 Å². The zero-order valence-electron chi connectivity index (χ0n) is 14.7. The molecule has 25 heavy (non-hydrogen) atoms. The number of ether oxygens (including phenoxy) is 1. The number of rotatable bonds is 5. The number of nitrogens with zero attached hydrogens (tertiary/aromatic N) is 2. The number of aromatic nitrogens is 2. The number of likely N-dealkylation sites (tertiary alicyclic amines) is 1. The van der Waals surface area contributed by atoms with Crippen LogP contribution in [-0.2, 0) is 4.74 Å². The molecule has 0 bridgehead atoms. The van der Waals surface area contributed by atoms with Gasteiger partial charge in [0.15, 0.2) is 0 Å². The standard InChI is InChI=1S/C18H24N4O3/c1-12(2)21-10-15(16(11-21)25-3)19-18(24)14-9-17(23)22(20-14)13-7-5-4-6-8-13/h4-9,12,15-16,20H,10-11H2,1-3H3,(H,19,24)/t15-,16-/m1/s1. The third-order valence-corrected chi connectivity index (χ3v) is 4.62. The van der Waals surface area contributed by atoms with Crippen LogP contribution in [-0.4, -0.2) is 59.0 Å². The van der Waals surface area contributed by atoms with Crippen LogP contribution < -0.4 is 10.9 Å². The Morgan fingerprint density at radius 3 is 2.64 bits per heavy atom. The summed E-state index contributed by atoms with van der Waals surface area (Å²) in [5.74, 6) is -0.301. The van der Waals surface area contributed by atoms with Crippen molar-refractivity contribution in [2.45, 2.75) is 32.0 Å². The van der Waals surface area contributed by atoms with E-state index < -0.39 is 0 Å². The molecule has 134 valence electrons. The summed E-state index contributed by atoms with van der Waals surface area (Å²) in [7, 11) is 1.65. The van der Waals surface area contributed by atoms with Crippen LogP contribution in [0.3, 0.4) is 0 Å². The van der Waals surface area contributed by atoms with Crippen LogP contribution in [0.5, 0.6) is 0 Å². The highest BCUT2D eigenvalue weighted by Crippen LogP contribution is 2.16. The second-order valence-corrected chi connectivity index (χ2v) is 6.58. The molecular formula is C18H24N4O3. The number of methoxy groups -OCH3 is 1. The average Bonchev–Trinajstić information content (AvgIpc) is 3.19. The van der Waals surface area contributed by atoms with Gasteiger partial charge in [0.25, 0.3) is 11.5 Å². The monoisotopic (exact) mass is 344 g/mol. The van der Waals surface area contributed by atoms with Crippen molar-refractivity contribution in [3.8, 4) is 5.69 Å². The molecular weight excluding hydrogens is 320 g/mol. The molecule has 2 atom stereocenters. The Balaban J connectivity index is 1.75. The second-order valence-electron chi connectivity index (χ2n) is 6.58. The Bertz CT molecular complexity index is 781. The molecule has 2 N–H and O–H groups in total. The van der Waals surface area contributed by atoms with Crippen molar-refractivity contribution in [1.82, 2.24) is 20.0 Å². The van der Waals surface area contributed by atoms with Gasteiger partial charge in [-0.15, -0.1) is 0 Å². The van der Waals surface area contributed by atoms with Gasteiger partial charge >= 0.3 is 0 Å². The van der Waals surface area contributed by atoms with Crippen LogP contribution >= 0.6 is 0 Å². The molecule has 7 heteroatoms. The first-order valence-electron chi connectivity index (χ1n) is 8.44. The lowest BCUT2D eigenvalue weighted by Crippen LogP contribution is -2.44. The van der Waals surface area contributed by atoms with Crippen LogP contribution in [0, 0.1) is 0 Å². The molecule has 2 heterocycles. The fraction of sp³-hybridized carbons (Fsp3) is 0.444. The van der Waals surface area contributed by atoms with Crippen LogP contribution in [0.25, 0.3) is 5.69 Å². The molecule has 1 aliphatic heterocycles. The van der Waals surface area contributed by atoms with E-state index in [-0.39, 0.29) is 29.3 Å². The largest absolute Gasteiger partial charge is 0.378 e. The molecule has 0 spiro atoms. The summed E-state index contributed by atoms with van der Waals surface area (Å²) in [6.45, 7) is 5.74. The first-order valence-corrected chi connectivity index (χ1v) is 8.44. The minimum Gasteiger partial charge on any atom is -0.378 e. The number of benzene rings is 1. The predicted octanol–water partition coefficient (Wildman–Crippen LogP) is 1.00. The number of hydrogen-bond acceptors (Lipinski definition) is 4. The highest BCUT2D eigenvalue weighted by molar-refractivity contribution is 5.92. The summed E-state index contributed by atoms with van der Waals surface area (Å²) >= 11 is 0. The summed E-state index contributed by atoms with van der Waals surface area (Å²) in [6.07, 6.45) is -0.0609. The van der Waals surface area contributed by atoms with Crippen LogP contribution in [0.4, 0.5) is 0 Å². The highest BCUT2D eigenvalue weighted by Gasteiger charge is 2.35. The van der Waals surface area contributed by atoms with E-state index in [4.69, 9.17) is 4.74 Å². The lowest BCUT2D eigenvalue weighted by molar-refractivity contribution is 0.0750. The van der Waals surface area contributed by atoms with Gasteiger partial charge in [0, 0.05) is 32.3 Å². The molecule has 1 fully saturated rings. The van der Waals surface area contributed by atoms with E-state index >= 15 is 0 Å². The Morgan fingerprint density at radius 1 is 1.28 bits per heavy atom. The van der Waals surface area contributed by atoms with E-state index in [0.29, 0.717) is 11.7 Å². The number of aromatic amines is 1. The maximum Gasteiger partial charge on any atom is 0.271 e. The Morgan fingerprint density at radius 2 is 2.00 bits per heavy atom. The molecule has 1 aliphatic rings. The smallest absolute Gasteiger partial charge is 0.271 e. The van der Waals surface area contributed by atoms with Gasteiger partial charge in [0.2, 0.25) is 0 Å². The zero-order chi connectivity index (χ0) is 18.0. The molecule has 7 nitrogen and oxygen atoms in total. The number of nitrogens with one attached hydrogen (secondary N) is 2. The molecule has 0 unspecified atom stereocenters. The van der Waals surface area contributed by atoms with Crippen molar-refractivity contribution in [2.24, 2.45) is 0 Å². The van der Waals surface area contributed by atoms with Gasteiger partial charge in [-0.1, -0.05) is 18.2 Å². The van der Waals surface area contributed by atoms with Gasteiger partial charge in [-0.3, -0.25) is 19.6 Å². The molecule has 0 saturated carbocycles. The number of amides is 1. The molecule has 1 aromatic carbocycles. The van der Waals surface area contributed by atoms with Crippen molar-refractivity contribution in [3.63, 3.8) is 0 Å². The summed E-state index contributed by atoms with van der Waals surface area (Å²) < 4.78 is 6.86. The van der Waals surface area contributed by atoms with Crippen molar-refractivity contribution >= 4 is 5.91 Å². The van der Waals surface area contributed by atoms with E-state index in [2.05, 4.69) is 29.2 Å². The van der Waals surface area contributed by atoms with Gasteiger partial charge in [-0.2, -0.15) is 0 Å². The van der Waals surface area contributed by atoms with Gasteiger partial charge in [-0.25, -0.2) is 4.68 Å². The summed E-state index contributed by atoms with van der Waals surface area (Å²) in [5, 5.41) is 5.86. The first-order chi connectivity index (χ1) is 12.0. The van der Waals surface area contributed by atoms with Crippen molar-refractivity contribution < 1.29 is 9.53 Å². The van der Waals surface area contributed by atoms with E-state index in [1.807, 2.05) is 18.2 Å². The maximum atomic E-state index is 12.6. The Kier molecular flexibility index (Phi) is 5.06. The quantitative estimate of drug-likeness (QED) is 0.848. The minimum absolute atomic E-state index is 0.0609. The lowest BCUT2D eigenvalue weighted by Gasteiger charge is -2.19. The predicted molar refractivity (Wildman–Crippen MR) is 95.1 cm³/mol. The van der Waals surface area contributed by atoms with E-state index in [1.165, 1.54) is 10.7 Å². The number of carbonyl (C=O) groups excluding carboxylic acids is 1. The summed E-state index contributed by atoms with van der Waals surface area (Å²) in [5.41, 5.74) is 0.662. The van der Waals surface area contributed by atoms with Crippen LogP contribution in [0.2, 0.25) is 0 Å². The molecule has 0 radical (unpaired) electrons.